The number of carbonyl (C=O) groups is 2. The van der Waals surface area contributed by atoms with E-state index in [-0.39, 0.29) is 23.2 Å². The summed E-state index contributed by atoms with van der Waals surface area (Å²) in [5, 5.41) is 6.50. The highest BCUT2D eigenvalue weighted by atomic mass is 19.4. The number of carbonyl (C=O) groups excluding carboxylic acids is 2. The van der Waals surface area contributed by atoms with Crippen LogP contribution < -0.4 is 20.5 Å². The van der Waals surface area contributed by atoms with Crippen LogP contribution in [-0.4, -0.2) is 49.3 Å². The second kappa shape index (κ2) is 9.67. The summed E-state index contributed by atoms with van der Waals surface area (Å²) < 4.78 is 84.1. The summed E-state index contributed by atoms with van der Waals surface area (Å²) in [5.41, 5.74) is 4.42. The molecule has 0 saturated heterocycles. The Balaban J connectivity index is 1.92. The minimum atomic E-state index is -5.24. The maximum absolute atomic E-state index is 12.7. The van der Waals surface area contributed by atoms with Crippen molar-refractivity contribution in [1.29, 1.82) is 0 Å². The zero-order valence-electron chi connectivity index (χ0n) is 18.2. The van der Waals surface area contributed by atoms with Crippen LogP contribution in [-0.2, 0) is 0 Å². The van der Waals surface area contributed by atoms with Crippen molar-refractivity contribution in [3.05, 3.63) is 53.5 Å². The van der Waals surface area contributed by atoms with Gasteiger partial charge >= 0.3 is 12.7 Å². The van der Waals surface area contributed by atoms with Crippen molar-refractivity contribution in [2.75, 3.05) is 0 Å². The molecule has 17 heteroatoms. The SMILES string of the molecule is Cc1nc([C@H](C)NC(=O)c2cc(OC(F)(F)F)cc(OC(F)(F)F)c2)n(-c2cc(C(N)=O)ncn2)n1. The van der Waals surface area contributed by atoms with Gasteiger partial charge in [-0.3, -0.25) is 9.59 Å². The van der Waals surface area contributed by atoms with Crippen molar-refractivity contribution in [3.8, 4) is 17.3 Å². The zero-order chi connectivity index (χ0) is 26.8. The number of primary amides is 1. The first-order valence-electron chi connectivity index (χ1n) is 9.64. The van der Waals surface area contributed by atoms with Crippen molar-refractivity contribution >= 4 is 11.8 Å². The minimum absolute atomic E-state index is 0.0527. The molecular formula is C19H15F6N7O4. The largest absolute Gasteiger partial charge is 0.573 e. The number of hydrogen-bond donors (Lipinski definition) is 2. The number of halogens is 6. The van der Waals surface area contributed by atoms with E-state index in [1.807, 2.05) is 0 Å². The van der Waals surface area contributed by atoms with Gasteiger partial charge in [0.1, 0.15) is 29.3 Å². The summed E-state index contributed by atoms with van der Waals surface area (Å²) in [5.74, 6) is -3.83. The standard InChI is InChI=1S/C19H15F6N7O4/c1-8(16-30-9(2)31-32(16)14-6-13(15(26)33)27-7-28-14)29-17(34)10-3-11(35-18(20,21)22)5-12(4-10)36-19(23,24)25/h3-8H,1-2H3,(H2,26,33)(H,29,34)/t8-/m0/s1. The quantitative estimate of drug-likeness (QED) is 0.453. The first-order chi connectivity index (χ1) is 16.6. The van der Waals surface area contributed by atoms with Crippen molar-refractivity contribution in [2.45, 2.75) is 32.6 Å². The molecule has 2 amide bonds. The molecule has 2 heterocycles. The van der Waals surface area contributed by atoms with Crippen LogP contribution in [0, 0.1) is 6.92 Å². The first-order valence-corrected chi connectivity index (χ1v) is 9.64. The predicted molar refractivity (Wildman–Crippen MR) is 106 cm³/mol. The molecule has 1 atom stereocenters. The number of hydrogen-bond acceptors (Lipinski definition) is 8. The van der Waals surface area contributed by atoms with Crippen LogP contribution in [0.4, 0.5) is 26.3 Å². The molecule has 192 valence electrons. The van der Waals surface area contributed by atoms with Gasteiger partial charge in [0, 0.05) is 17.7 Å². The van der Waals surface area contributed by atoms with Gasteiger partial charge in [-0.25, -0.2) is 15.0 Å². The fourth-order valence-electron chi connectivity index (χ4n) is 2.91. The van der Waals surface area contributed by atoms with Gasteiger partial charge in [0.05, 0.1) is 6.04 Å². The number of nitrogens with zero attached hydrogens (tertiary/aromatic N) is 5. The Morgan fingerprint density at radius 1 is 1.00 bits per heavy atom. The highest BCUT2D eigenvalue weighted by molar-refractivity contribution is 5.95. The molecule has 0 aliphatic rings. The second-order valence-electron chi connectivity index (χ2n) is 7.04. The number of amides is 2. The lowest BCUT2D eigenvalue weighted by atomic mass is 10.1. The van der Waals surface area contributed by atoms with Crippen LogP contribution in [0.3, 0.4) is 0 Å². The molecule has 2 aromatic heterocycles. The maximum Gasteiger partial charge on any atom is 0.573 e. The minimum Gasteiger partial charge on any atom is -0.406 e. The number of aryl methyl sites for hydroxylation is 1. The molecule has 36 heavy (non-hydrogen) atoms. The van der Waals surface area contributed by atoms with E-state index in [4.69, 9.17) is 5.73 Å². The van der Waals surface area contributed by atoms with Crippen LogP contribution in [0.25, 0.3) is 5.82 Å². The van der Waals surface area contributed by atoms with Crippen molar-refractivity contribution in [1.82, 2.24) is 30.0 Å². The lowest BCUT2D eigenvalue weighted by molar-refractivity contribution is -0.276. The second-order valence-corrected chi connectivity index (χ2v) is 7.04. The van der Waals surface area contributed by atoms with Gasteiger partial charge in [0.2, 0.25) is 0 Å². The molecule has 11 nitrogen and oxygen atoms in total. The molecule has 0 aliphatic carbocycles. The number of ether oxygens (including phenoxy) is 2. The molecule has 1 aromatic carbocycles. The number of nitrogens with one attached hydrogen (secondary N) is 1. The van der Waals surface area contributed by atoms with Gasteiger partial charge < -0.3 is 20.5 Å². The predicted octanol–water partition coefficient (Wildman–Crippen LogP) is 2.75. The zero-order valence-corrected chi connectivity index (χ0v) is 18.2. The molecule has 0 fully saturated rings. The topological polar surface area (TPSA) is 147 Å². The molecule has 0 bridgehead atoms. The highest BCUT2D eigenvalue weighted by Crippen LogP contribution is 2.31. The van der Waals surface area contributed by atoms with E-state index in [1.165, 1.54) is 19.9 Å². The van der Waals surface area contributed by atoms with E-state index in [1.54, 1.807) is 0 Å². The molecule has 3 rings (SSSR count). The summed E-state index contributed by atoms with van der Waals surface area (Å²) in [6, 6.07) is 1.68. The monoisotopic (exact) mass is 519 g/mol. The maximum atomic E-state index is 12.7. The summed E-state index contributed by atoms with van der Waals surface area (Å²) in [6.45, 7) is 2.92. The Kier molecular flexibility index (Phi) is 7.03. The third kappa shape index (κ3) is 6.80. The average Bonchev–Trinajstić information content (AvgIpc) is 3.13. The van der Waals surface area contributed by atoms with E-state index in [0.29, 0.717) is 18.2 Å². The first kappa shape index (κ1) is 26.2. The van der Waals surface area contributed by atoms with Crippen molar-refractivity contribution in [2.24, 2.45) is 5.73 Å². The van der Waals surface area contributed by atoms with E-state index in [2.05, 4.69) is 34.8 Å². The molecule has 0 aliphatic heterocycles. The third-order valence-electron chi connectivity index (χ3n) is 4.20. The fraction of sp³-hybridized carbons (Fsp3) is 0.263. The van der Waals surface area contributed by atoms with Crippen LogP contribution in [0.5, 0.6) is 11.5 Å². The van der Waals surface area contributed by atoms with E-state index < -0.39 is 47.6 Å². The molecule has 0 unspecified atom stereocenters. The average molecular weight is 519 g/mol. The summed E-state index contributed by atoms with van der Waals surface area (Å²) >= 11 is 0. The Labute approximate surface area is 197 Å². The smallest absolute Gasteiger partial charge is 0.406 e. The molecule has 0 saturated carbocycles. The number of rotatable bonds is 7. The molecule has 3 aromatic rings. The van der Waals surface area contributed by atoms with Gasteiger partial charge in [-0.2, -0.15) is 4.68 Å². The van der Waals surface area contributed by atoms with Gasteiger partial charge in [0.15, 0.2) is 11.6 Å². The molecule has 0 spiro atoms. The van der Waals surface area contributed by atoms with Crippen molar-refractivity contribution < 1.29 is 45.4 Å². The van der Waals surface area contributed by atoms with Crippen LogP contribution in [0.2, 0.25) is 0 Å². The van der Waals surface area contributed by atoms with E-state index in [9.17, 15) is 35.9 Å². The Morgan fingerprint density at radius 3 is 2.11 bits per heavy atom. The number of aromatic nitrogens is 5. The van der Waals surface area contributed by atoms with Gasteiger partial charge in [-0.05, 0) is 26.0 Å². The molecule has 3 N–H and O–H groups in total. The summed E-state index contributed by atoms with van der Waals surface area (Å²) in [4.78, 5) is 36.0. The Morgan fingerprint density at radius 2 is 1.58 bits per heavy atom. The number of nitrogens with two attached hydrogens (primary N) is 1. The highest BCUT2D eigenvalue weighted by Gasteiger charge is 2.34. The lowest BCUT2D eigenvalue weighted by Gasteiger charge is -2.17. The van der Waals surface area contributed by atoms with Gasteiger partial charge in [0.25, 0.3) is 11.8 Å². The summed E-state index contributed by atoms with van der Waals surface area (Å²) in [6.07, 6.45) is -9.45. The lowest BCUT2D eigenvalue weighted by Crippen LogP contribution is -2.29. The number of alkyl halides is 6. The van der Waals surface area contributed by atoms with E-state index >= 15 is 0 Å². The summed E-state index contributed by atoms with van der Waals surface area (Å²) in [7, 11) is 0. The molecular weight excluding hydrogens is 504 g/mol. The van der Waals surface area contributed by atoms with Crippen molar-refractivity contribution in [3.63, 3.8) is 0 Å². The Hall–Kier alpha value is -4.44. The van der Waals surface area contributed by atoms with E-state index in [0.717, 1.165) is 11.0 Å². The third-order valence-corrected chi connectivity index (χ3v) is 4.20. The fourth-order valence-corrected chi connectivity index (χ4v) is 2.91. The van der Waals surface area contributed by atoms with Gasteiger partial charge in [-0.1, -0.05) is 0 Å². The van der Waals surface area contributed by atoms with Crippen LogP contribution in [0.15, 0.2) is 30.6 Å². The number of benzene rings is 1. The van der Waals surface area contributed by atoms with Crippen LogP contribution >= 0.6 is 0 Å². The Bertz CT molecular complexity index is 1260. The molecule has 0 radical (unpaired) electrons. The van der Waals surface area contributed by atoms with Gasteiger partial charge in [-0.15, -0.1) is 31.4 Å². The normalized spacial score (nSPS) is 12.7. The van der Waals surface area contributed by atoms with Crippen LogP contribution in [0.1, 0.15) is 45.5 Å².